The van der Waals surface area contributed by atoms with E-state index >= 15 is 0 Å². The molecule has 30 heavy (non-hydrogen) atoms. The Hall–Kier alpha value is -3.13. The van der Waals surface area contributed by atoms with Crippen LogP contribution in [0.2, 0.25) is 5.02 Å². The van der Waals surface area contributed by atoms with Crippen LogP contribution in [0.25, 0.3) is 0 Å². The number of benzene rings is 1. The zero-order valence-electron chi connectivity index (χ0n) is 14.9. The van der Waals surface area contributed by atoms with E-state index in [0.717, 1.165) is 6.07 Å². The van der Waals surface area contributed by atoms with Gasteiger partial charge in [0.2, 0.25) is 11.8 Å². The van der Waals surface area contributed by atoms with Gasteiger partial charge in [0.25, 0.3) is 10.0 Å². The summed E-state index contributed by atoms with van der Waals surface area (Å²) in [7, 11) is -4.58. The van der Waals surface area contributed by atoms with Crippen molar-refractivity contribution < 1.29 is 40.7 Å². The standard InChI is InChI=1S/C15H12ClF3N4O6S/c1-2-28-12(24)8-5-3-4-6-10(8)30(26,27)23-14(25)22-13-20-7-9(16)11(21-13)29-15(17,18)19/h3-7H,2H2,1H3,(H2,20,21,22,23,25). The molecule has 162 valence electrons. The molecule has 15 heteroatoms. The van der Waals surface area contributed by atoms with E-state index in [1.807, 2.05) is 5.32 Å². The number of sulfonamides is 1. The van der Waals surface area contributed by atoms with Gasteiger partial charge in [-0.25, -0.2) is 27.7 Å². The van der Waals surface area contributed by atoms with E-state index in [1.165, 1.54) is 25.1 Å². The van der Waals surface area contributed by atoms with Crippen LogP contribution in [0, 0.1) is 0 Å². The summed E-state index contributed by atoms with van der Waals surface area (Å²) in [6.45, 7) is 1.50. The molecule has 0 saturated carbocycles. The largest absolute Gasteiger partial charge is 0.574 e. The smallest absolute Gasteiger partial charge is 0.462 e. The van der Waals surface area contributed by atoms with E-state index in [0.29, 0.717) is 6.20 Å². The van der Waals surface area contributed by atoms with E-state index in [1.54, 1.807) is 4.72 Å². The average Bonchev–Trinajstić information content (AvgIpc) is 2.63. The van der Waals surface area contributed by atoms with E-state index in [2.05, 4.69) is 14.7 Å². The number of aromatic nitrogens is 2. The molecule has 2 aromatic rings. The molecule has 2 rings (SSSR count). The second kappa shape index (κ2) is 9.13. The van der Waals surface area contributed by atoms with Gasteiger partial charge in [-0.05, 0) is 19.1 Å². The Labute approximate surface area is 172 Å². The lowest BCUT2D eigenvalue weighted by Gasteiger charge is -2.12. The van der Waals surface area contributed by atoms with Gasteiger partial charge in [-0.15, -0.1) is 13.2 Å². The number of urea groups is 1. The number of ether oxygens (including phenoxy) is 2. The van der Waals surface area contributed by atoms with Crippen molar-refractivity contribution in [2.45, 2.75) is 18.2 Å². The third-order valence-electron chi connectivity index (χ3n) is 3.05. The molecule has 0 radical (unpaired) electrons. The number of amides is 2. The lowest BCUT2D eigenvalue weighted by molar-refractivity contribution is -0.276. The van der Waals surface area contributed by atoms with Gasteiger partial charge in [-0.2, -0.15) is 4.98 Å². The molecule has 0 bridgehead atoms. The van der Waals surface area contributed by atoms with Crippen LogP contribution in [-0.2, 0) is 14.8 Å². The van der Waals surface area contributed by atoms with Gasteiger partial charge in [-0.3, -0.25) is 5.32 Å². The third-order valence-corrected chi connectivity index (χ3v) is 4.70. The third kappa shape index (κ3) is 6.18. The van der Waals surface area contributed by atoms with E-state index in [9.17, 15) is 31.2 Å². The summed E-state index contributed by atoms with van der Waals surface area (Å²) < 4.78 is 71.8. The zero-order valence-corrected chi connectivity index (χ0v) is 16.4. The number of anilines is 1. The Morgan fingerprint density at radius 2 is 1.90 bits per heavy atom. The summed E-state index contributed by atoms with van der Waals surface area (Å²) >= 11 is 5.48. The number of esters is 1. The average molecular weight is 469 g/mol. The van der Waals surface area contributed by atoms with Crippen LogP contribution in [0.1, 0.15) is 17.3 Å². The van der Waals surface area contributed by atoms with Crippen molar-refractivity contribution in [2.75, 3.05) is 11.9 Å². The predicted molar refractivity (Wildman–Crippen MR) is 95.5 cm³/mol. The minimum absolute atomic E-state index is 0.0165. The zero-order chi connectivity index (χ0) is 22.5. The number of carbonyl (C=O) groups excluding carboxylic acids is 2. The maximum absolute atomic E-state index is 12.5. The first kappa shape index (κ1) is 23.2. The van der Waals surface area contributed by atoms with Crippen molar-refractivity contribution in [3.63, 3.8) is 0 Å². The Morgan fingerprint density at radius 1 is 1.23 bits per heavy atom. The summed E-state index contributed by atoms with van der Waals surface area (Å²) in [5.74, 6) is -2.77. The van der Waals surface area contributed by atoms with Crippen molar-refractivity contribution in [3.8, 4) is 5.88 Å². The molecule has 1 heterocycles. The molecule has 0 aliphatic carbocycles. The summed E-state index contributed by atoms with van der Waals surface area (Å²) in [6.07, 6.45) is -4.41. The van der Waals surface area contributed by atoms with Crippen molar-refractivity contribution in [1.82, 2.24) is 14.7 Å². The van der Waals surface area contributed by atoms with Gasteiger partial charge in [0.05, 0.1) is 18.4 Å². The lowest BCUT2D eigenvalue weighted by Crippen LogP contribution is -2.35. The van der Waals surface area contributed by atoms with E-state index in [-0.39, 0.29) is 12.2 Å². The van der Waals surface area contributed by atoms with Gasteiger partial charge >= 0.3 is 18.4 Å². The van der Waals surface area contributed by atoms with Gasteiger partial charge in [0, 0.05) is 0 Å². The maximum Gasteiger partial charge on any atom is 0.574 e. The molecule has 0 saturated heterocycles. The molecule has 2 N–H and O–H groups in total. The second-order valence-corrected chi connectivity index (χ2v) is 7.23. The highest BCUT2D eigenvalue weighted by atomic mass is 35.5. The summed E-state index contributed by atoms with van der Waals surface area (Å²) in [6, 6.07) is 3.49. The SMILES string of the molecule is CCOC(=O)c1ccccc1S(=O)(=O)NC(=O)Nc1ncc(Cl)c(OC(F)(F)F)n1. The van der Waals surface area contributed by atoms with Crippen LogP contribution in [0.4, 0.5) is 23.9 Å². The number of rotatable bonds is 6. The fraction of sp³-hybridized carbons (Fsp3) is 0.200. The molecule has 1 aromatic heterocycles. The van der Waals surface area contributed by atoms with Gasteiger partial charge in [0.1, 0.15) is 9.92 Å². The fourth-order valence-electron chi connectivity index (χ4n) is 1.98. The van der Waals surface area contributed by atoms with Crippen LogP contribution < -0.4 is 14.8 Å². The Morgan fingerprint density at radius 3 is 2.53 bits per heavy atom. The normalized spacial score (nSPS) is 11.5. The number of alkyl halides is 3. The first-order chi connectivity index (χ1) is 13.9. The van der Waals surface area contributed by atoms with Crippen LogP contribution in [0.3, 0.4) is 0 Å². The van der Waals surface area contributed by atoms with Crippen molar-refractivity contribution in [1.29, 1.82) is 0 Å². The maximum atomic E-state index is 12.5. The van der Waals surface area contributed by atoms with Crippen LogP contribution in [0.15, 0.2) is 35.4 Å². The minimum Gasteiger partial charge on any atom is -0.462 e. The van der Waals surface area contributed by atoms with Gasteiger partial charge in [0.15, 0.2) is 0 Å². The molecule has 0 aliphatic heterocycles. The quantitative estimate of drug-likeness (QED) is 0.617. The minimum atomic E-state index is -5.11. The molecule has 2 amide bonds. The molecule has 0 unspecified atom stereocenters. The molecular formula is C15H12ClF3N4O6S. The predicted octanol–water partition coefficient (Wildman–Crippen LogP) is 2.72. The highest BCUT2D eigenvalue weighted by Gasteiger charge is 2.33. The highest BCUT2D eigenvalue weighted by molar-refractivity contribution is 7.90. The number of halogens is 4. The summed E-state index contributed by atoms with van der Waals surface area (Å²) in [5.41, 5.74) is -0.330. The molecule has 0 spiro atoms. The Bertz CT molecular complexity index is 1060. The van der Waals surface area contributed by atoms with Crippen molar-refractivity contribution in [3.05, 3.63) is 41.0 Å². The van der Waals surface area contributed by atoms with E-state index < -0.39 is 50.1 Å². The monoisotopic (exact) mass is 468 g/mol. The molecule has 0 atom stereocenters. The Kier molecular flexibility index (Phi) is 7.04. The number of hydrogen-bond donors (Lipinski definition) is 2. The first-order valence-corrected chi connectivity index (χ1v) is 9.67. The number of nitrogens with zero attached hydrogens (tertiary/aromatic N) is 2. The number of nitrogens with one attached hydrogen (secondary N) is 2. The number of hydrogen-bond acceptors (Lipinski definition) is 8. The Balaban J connectivity index is 2.21. The molecule has 0 fully saturated rings. The molecule has 10 nitrogen and oxygen atoms in total. The number of carbonyl (C=O) groups is 2. The van der Waals surface area contributed by atoms with Crippen molar-refractivity contribution in [2.24, 2.45) is 0 Å². The molecular weight excluding hydrogens is 457 g/mol. The molecule has 0 aliphatic rings. The first-order valence-electron chi connectivity index (χ1n) is 7.81. The lowest BCUT2D eigenvalue weighted by atomic mass is 10.2. The molecule has 1 aromatic carbocycles. The highest BCUT2D eigenvalue weighted by Crippen LogP contribution is 2.28. The topological polar surface area (TPSA) is 137 Å². The summed E-state index contributed by atoms with van der Waals surface area (Å²) in [5, 5.41) is 1.22. The van der Waals surface area contributed by atoms with Crippen LogP contribution in [0.5, 0.6) is 5.88 Å². The summed E-state index contributed by atoms with van der Waals surface area (Å²) in [4.78, 5) is 30.1. The fourth-order valence-corrected chi connectivity index (χ4v) is 3.21. The van der Waals surface area contributed by atoms with Gasteiger partial charge in [-0.1, -0.05) is 23.7 Å². The van der Waals surface area contributed by atoms with Crippen molar-refractivity contribution >= 4 is 39.6 Å². The van der Waals surface area contributed by atoms with Crippen LogP contribution in [-0.4, -0.2) is 43.4 Å². The van der Waals surface area contributed by atoms with Crippen LogP contribution >= 0.6 is 11.6 Å². The van der Waals surface area contributed by atoms with Gasteiger partial charge < -0.3 is 9.47 Å². The second-order valence-electron chi connectivity index (χ2n) is 5.17. The van der Waals surface area contributed by atoms with E-state index in [4.69, 9.17) is 16.3 Å².